The Hall–Kier alpha value is -0.910. The van der Waals surface area contributed by atoms with Crippen molar-refractivity contribution in [1.82, 2.24) is 0 Å². The van der Waals surface area contributed by atoms with E-state index in [0.717, 1.165) is 44.9 Å². The van der Waals surface area contributed by atoms with Crippen molar-refractivity contribution in [2.45, 2.75) is 108 Å². The number of aliphatic hydroxyl groups excluding tert-OH is 2. The second kappa shape index (κ2) is 16.3. The van der Waals surface area contributed by atoms with Gasteiger partial charge in [-0.15, -0.1) is 0 Å². The Morgan fingerprint density at radius 3 is 2.04 bits per heavy atom. The fourth-order valence-corrected chi connectivity index (χ4v) is 2.97. The van der Waals surface area contributed by atoms with Crippen molar-refractivity contribution >= 4 is 5.97 Å². The minimum atomic E-state index is -1.51. The number of allylic oxidation sites excluding steroid dienone is 2. The normalized spacial score (nSPS) is 15.2. The molecule has 0 spiro atoms. The largest absolute Gasteiger partial charge is 0.480 e. The number of nitrogens with two attached hydrogens (primary N) is 1. The Bertz CT molecular complexity index is 373. The van der Waals surface area contributed by atoms with Crippen molar-refractivity contribution in [1.29, 1.82) is 0 Å². The van der Waals surface area contributed by atoms with Gasteiger partial charge in [0, 0.05) is 0 Å². The van der Waals surface area contributed by atoms with Crippen molar-refractivity contribution in [2.75, 3.05) is 6.61 Å². The summed E-state index contributed by atoms with van der Waals surface area (Å²) in [7, 11) is 0. The number of carbonyl (C=O) groups is 1. The number of unbranched alkanes of at least 4 members (excludes halogenated alkanes) is 8. The first-order valence-electron chi connectivity index (χ1n) is 10.4. The van der Waals surface area contributed by atoms with Gasteiger partial charge in [0.15, 0.2) is 0 Å². The predicted molar refractivity (Wildman–Crippen MR) is 107 cm³/mol. The Kier molecular flexibility index (Phi) is 15.7. The first-order chi connectivity index (χ1) is 12.5. The van der Waals surface area contributed by atoms with Crippen LogP contribution in [0.15, 0.2) is 12.2 Å². The van der Waals surface area contributed by atoms with E-state index in [1.807, 2.05) is 0 Å². The molecule has 5 N–H and O–H groups in total. The molecule has 0 aromatic rings. The topological polar surface area (TPSA) is 104 Å². The number of carboxylic acids is 1. The van der Waals surface area contributed by atoms with E-state index in [9.17, 15) is 9.90 Å². The number of carboxylic acid groups (broad SMARTS) is 1. The third-order valence-electron chi connectivity index (χ3n) is 4.92. The van der Waals surface area contributed by atoms with Crippen LogP contribution in [0.25, 0.3) is 0 Å². The van der Waals surface area contributed by atoms with Gasteiger partial charge in [-0.05, 0) is 44.9 Å². The van der Waals surface area contributed by atoms with E-state index < -0.39 is 18.1 Å². The van der Waals surface area contributed by atoms with Crippen molar-refractivity contribution in [3.05, 3.63) is 12.2 Å². The molecule has 0 fully saturated rings. The lowest BCUT2D eigenvalue weighted by molar-refractivity contribution is -0.145. The number of hydrogen-bond donors (Lipinski definition) is 4. The van der Waals surface area contributed by atoms with Crippen LogP contribution in [-0.4, -0.2) is 39.5 Å². The Morgan fingerprint density at radius 1 is 0.962 bits per heavy atom. The molecular weight excluding hydrogens is 330 g/mol. The van der Waals surface area contributed by atoms with Crippen molar-refractivity contribution in [3.8, 4) is 0 Å². The summed E-state index contributed by atoms with van der Waals surface area (Å²) in [5.74, 6) is -1.14. The minimum absolute atomic E-state index is 0.119. The molecule has 0 radical (unpaired) electrons. The molecule has 154 valence electrons. The fraction of sp³-hybridized carbons (Fsp3) is 0.857. The van der Waals surface area contributed by atoms with E-state index in [1.165, 1.54) is 32.1 Å². The lowest BCUT2D eigenvalue weighted by Gasteiger charge is -2.21. The summed E-state index contributed by atoms with van der Waals surface area (Å²) in [6, 6.07) is 0. The van der Waals surface area contributed by atoms with Crippen molar-refractivity contribution in [3.63, 3.8) is 0 Å². The molecule has 5 heteroatoms. The average Bonchev–Trinajstić information content (AvgIpc) is 2.62. The molecule has 0 aliphatic rings. The summed E-state index contributed by atoms with van der Waals surface area (Å²) in [4.78, 5) is 10.9. The number of hydrogen-bond acceptors (Lipinski definition) is 4. The van der Waals surface area contributed by atoms with Crippen LogP contribution < -0.4 is 5.73 Å². The first kappa shape index (κ1) is 25.1. The van der Waals surface area contributed by atoms with Gasteiger partial charge in [0.05, 0.1) is 12.7 Å². The van der Waals surface area contributed by atoms with Crippen LogP contribution in [0.2, 0.25) is 0 Å². The van der Waals surface area contributed by atoms with Crippen LogP contribution in [0.5, 0.6) is 0 Å². The first-order valence-corrected chi connectivity index (χ1v) is 10.4. The highest BCUT2D eigenvalue weighted by Crippen LogP contribution is 2.14. The summed E-state index contributed by atoms with van der Waals surface area (Å²) in [5.41, 5.74) is 4.11. The molecule has 0 bridgehead atoms. The summed E-state index contributed by atoms with van der Waals surface area (Å²) in [5, 5.41) is 27.9. The van der Waals surface area contributed by atoms with Gasteiger partial charge in [-0.25, -0.2) is 0 Å². The molecule has 0 amide bonds. The summed E-state index contributed by atoms with van der Waals surface area (Å²) in [6.07, 6.45) is 18.2. The summed E-state index contributed by atoms with van der Waals surface area (Å²) in [6.45, 7) is 1.67. The molecule has 0 aromatic carbocycles. The molecule has 0 saturated carbocycles. The molecule has 0 aliphatic carbocycles. The zero-order valence-corrected chi connectivity index (χ0v) is 16.7. The quantitative estimate of drug-likeness (QED) is 0.214. The minimum Gasteiger partial charge on any atom is -0.480 e. The summed E-state index contributed by atoms with van der Waals surface area (Å²) >= 11 is 0. The fourth-order valence-electron chi connectivity index (χ4n) is 2.97. The molecule has 26 heavy (non-hydrogen) atoms. The second-order valence-electron chi connectivity index (χ2n) is 7.48. The van der Waals surface area contributed by atoms with Crippen LogP contribution in [0, 0.1) is 0 Å². The molecule has 0 aliphatic heterocycles. The van der Waals surface area contributed by atoms with Gasteiger partial charge < -0.3 is 21.1 Å². The van der Waals surface area contributed by atoms with Gasteiger partial charge in [-0.3, -0.25) is 4.79 Å². The van der Waals surface area contributed by atoms with Gasteiger partial charge in [0.25, 0.3) is 0 Å². The molecule has 0 rings (SSSR count). The van der Waals surface area contributed by atoms with E-state index in [0.29, 0.717) is 6.42 Å². The van der Waals surface area contributed by atoms with Crippen LogP contribution in [0.3, 0.4) is 0 Å². The zero-order valence-electron chi connectivity index (χ0n) is 16.7. The zero-order chi connectivity index (χ0) is 19.7. The van der Waals surface area contributed by atoms with E-state index in [-0.39, 0.29) is 12.5 Å². The highest BCUT2D eigenvalue weighted by molar-refractivity contribution is 5.78. The van der Waals surface area contributed by atoms with Gasteiger partial charge in [-0.2, -0.15) is 0 Å². The molecule has 0 heterocycles. The van der Waals surface area contributed by atoms with Crippen LogP contribution in [0.1, 0.15) is 96.8 Å². The van der Waals surface area contributed by atoms with E-state index >= 15 is 0 Å². The van der Waals surface area contributed by atoms with Gasteiger partial charge >= 0.3 is 5.97 Å². The molecular formula is C21H41NO4. The third kappa shape index (κ3) is 13.3. The Balaban J connectivity index is 3.47. The number of aliphatic carboxylic acids is 1. The predicted octanol–water partition coefficient (Wildman–Crippen LogP) is 4.16. The standard InChI is InChI=1S/C21H41NO4/c1-2-3-4-12-15-19(24)16-13-10-8-6-5-7-9-11-14-17-21(22,18-23)20(25)26/h7,9,19,23-24H,2-6,8,10-18,22H2,1H3,(H,25,26)/b9-7+. The Labute approximate surface area is 159 Å². The lowest BCUT2D eigenvalue weighted by atomic mass is 9.95. The molecule has 0 aromatic heterocycles. The molecule has 2 atom stereocenters. The Morgan fingerprint density at radius 2 is 1.50 bits per heavy atom. The average molecular weight is 372 g/mol. The molecule has 5 nitrogen and oxygen atoms in total. The number of aliphatic hydroxyl groups is 2. The second-order valence-corrected chi connectivity index (χ2v) is 7.48. The van der Waals surface area contributed by atoms with E-state index in [1.54, 1.807) is 0 Å². The highest BCUT2D eigenvalue weighted by Gasteiger charge is 2.32. The van der Waals surface area contributed by atoms with E-state index in [4.69, 9.17) is 15.9 Å². The molecule has 2 unspecified atom stereocenters. The van der Waals surface area contributed by atoms with Crippen LogP contribution >= 0.6 is 0 Å². The van der Waals surface area contributed by atoms with Crippen LogP contribution in [0.4, 0.5) is 0 Å². The maximum Gasteiger partial charge on any atom is 0.326 e. The lowest BCUT2D eigenvalue weighted by Crippen LogP contribution is -2.51. The van der Waals surface area contributed by atoms with Crippen LogP contribution in [-0.2, 0) is 4.79 Å². The van der Waals surface area contributed by atoms with Crippen molar-refractivity contribution in [2.24, 2.45) is 5.73 Å². The van der Waals surface area contributed by atoms with Gasteiger partial charge in [0.1, 0.15) is 5.54 Å². The van der Waals surface area contributed by atoms with E-state index in [2.05, 4.69) is 19.1 Å². The van der Waals surface area contributed by atoms with Gasteiger partial charge in [0.2, 0.25) is 0 Å². The SMILES string of the molecule is CCCCCCC(O)CCCCCC/C=C/CCCC(N)(CO)C(=O)O. The monoisotopic (exact) mass is 371 g/mol. The molecule has 0 saturated heterocycles. The smallest absolute Gasteiger partial charge is 0.326 e. The number of rotatable bonds is 18. The highest BCUT2D eigenvalue weighted by atomic mass is 16.4. The third-order valence-corrected chi connectivity index (χ3v) is 4.92. The maximum absolute atomic E-state index is 10.9. The van der Waals surface area contributed by atoms with Crippen molar-refractivity contribution < 1.29 is 20.1 Å². The maximum atomic E-state index is 10.9. The summed E-state index contributed by atoms with van der Waals surface area (Å²) < 4.78 is 0. The van der Waals surface area contributed by atoms with Gasteiger partial charge in [-0.1, -0.05) is 64.0 Å².